The third-order valence-corrected chi connectivity index (χ3v) is 3.40. The molecule has 24 heavy (non-hydrogen) atoms. The monoisotopic (exact) mass is 382 g/mol. The average molecular weight is 383 g/mol. The second kappa shape index (κ2) is 9.61. The maximum Gasteiger partial charge on any atom is 0.180 e. The Bertz CT molecular complexity index is 710. The summed E-state index contributed by atoms with van der Waals surface area (Å²) in [6, 6.07) is 7.01. The molecule has 0 aliphatic rings. The van der Waals surface area contributed by atoms with Crippen molar-refractivity contribution in [2.45, 2.75) is 6.10 Å². The number of carbonyl (C=O) groups is 1. The average Bonchev–Trinajstić information content (AvgIpc) is 2.59. The predicted octanol–water partition coefficient (Wildman–Crippen LogP) is 4.62. The van der Waals surface area contributed by atoms with Gasteiger partial charge in [-0.1, -0.05) is 18.2 Å². The van der Waals surface area contributed by atoms with Gasteiger partial charge < -0.3 is 5.11 Å². The van der Waals surface area contributed by atoms with Crippen LogP contribution in [0.1, 0.15) is 22.0 Å². The van der Waals surface area contributed by atoms with E-state index in [1.807, 2.05) is 0 Å². The van der Waals surface area contributed by atoms with Crippen molar-refractivity contribution in [3.8, 4) is 0 Å². The Kier molecular flexibility index (Phi) is 8.18. The highest BCUT2D eigenvalue weighted by molar-refractivity contribution is 6.30. The molecule has 0 heterocycles. The molecule has 0 unspecified atom stereocenters. The molecule has 130 valence electrons. The normalized spacial score (nSPS) is 11.5. The highest BCUT2D eigenvalue weighted by Crippen LogP contribution is 2.19. The van der Waals surface area contributed by atoms with Gasteiger partial charge in [0.2, 0.25) is 0 Å². The van der Waals surface area contributed by atoms with Crippen LogP contribution in [0.2, 0.25) is 0 Å². The van der Waals surface area contributed by atoms with Crippen LogP contribution in [0.5, 0.6) is 0 Å². The molecule has 0 bridgehead atoms. The topological polar surface area (TPSA) is 37.3 Å². The molecular formula is C16H12Cl2F4O2. The molecule has 0 fully saturated rings. The summed E-state index contributed by atoms with van der Waals surface area (Å²) in [5, 5.41) is 9.10. The van der Waals surface area contributed by atoms with Crippen molar-refractivity contribution in [2.24, 2.45) is 0 Å². The summed E-state index contributed by atoms with van der Waals surface area (Å²) in [7, 11) is 0. The maximum atomic E-state index is 12.8. The van der Waals surface area contributed by atoms with Crippen molar-refractivity contribution >= 4 is 29.0 Å². The Labute approximate surface area is 145 Å². The molecule has 0 spiro atoms. The lowest BCUT2D eigenvalue weighted by atomic mass is 10.1. The number of hydrogen-bond donors (Lipinski definition) is 1. The van der Waals surface area contributed by atoms with Crippen LogP contribution in [-0.4, -0.2) is 22.6 Å². The largest absolute Gasteiger partial charge is 0.387 e. The van der Waals surface area contributed by atoms with Gasteiger partial charge in [-0.2, -0.15) is 0 Å². The van der Waals surface area contributed by atoms with E-state index in [0.717, 1.165) is 12.1 Å². The first kappa shape index (κ1) is 20.4. The fourth-order valence-corrected chi connectivity index (χ4v) is 1.96. The molecule has 0 saturated heterocycles. The highest BCUT2D eigenvalue weighted by Gasteiger charge is 2.14. The third-order valence-electron chi connectivity index (χ3n) is 2.86. The number of alkyl halides is 2. The Balaban J connectivity index is 0.000000240. The molecular weight excluding hydrogens is 371 g/mol. The second-order valence-electron chi connectivity index (χ2n) is 4.47. The summed E-state index contributed by atoms with van der Waals surface area (Å²) in [6.07, 6.45) is -1.15. The van der Waals surface area contributed by atoms with E-state index in [-0.39, 0.29) is 22.9 Å². The van der Waals surface area contributed by atoms with E-state index in [9.17, 15) is 22.4 Å². The van der Waals surface area contributed by atoms with E-state index in [0.29, 0.717) is 0 Å². The van der Waals surface area contributed by atoms with E-state index >= 15 is 0 Å². The summed E-state index contributed by atoms with van der Waals surface area (Å²) < 4.78 is 50.7. The van der Waals surface area contributed by atoms with E-state index in [1.165, 1.54) is 24.3 Å². The molecule has 2 aromatic rings. The van der Waals surface area contributed by atoms with Gasteiger partial charge in [0.1, 0.15) is 0 Å². The summed E-state index contributed by atoms with van der Waals surface area (Å²) in [4.78, 5) is 10.8. The zero-order valence-electron chi connectivity index (χ0n) is 12.1. The minimum atomic E-state index is -1.15. The minimum Gasteiger partial charge on any atom is -0.387 e. The molecule has 8 heteroatoms. The zero-order valence-corrected chi connectivity index (χ0v) is 13.6. The fourth-order valence-electron chi connectivity index (χ4n) is 1.65. The van der Waals surface area contributed by atoms with Gasteiger partial charge in [-0.3, -0.25) is 4.79 Å². The Morgan fingerprint density at radius 3 is 2.04 bits per heavy atom. The molecule has 2 rings (SSSR count). The summed E-state index contributed by atoms with van der Waals surface area (Å²) in [5.41, 5.74) is -0.407. The van der Waals surface area contributed by atoms with Crippen molar-refractivity contribution in [3.05, 3.63) is 70.8 Å². The van der Waals surface area contributed by atoms with Crippen LogP contribution in [0.25, 0.3) is 0 Å². The van der Waals surface area contributed by atoms with Gasteiger partial charge in [0.05, 0.1) is 23.4 Å². The van der Waals surface area contributed by atoms with Gasteiger partial charge in [-0.15, -0.1) is 23.2 Å². The Hall–Kier alpha value is -1.63. The smallest absolute Gasteiger partial charge is 0.180 e. The van der Waals surface area contributed by atoms with Gasteiger partial charge in [0, 0.05) is 5.56 Å². The number of aliphatic hydroxyl groups excluding tert-OH is 1. The van der Waals surface area contributed by atoms with Crippen molar-refractivity contribution in [1.82, 2.24) is 0 Å². The highest BCUT2D eigenvalue weighted by atomic mass is 35.5. The van der Waals surface area contributed by atoms with E-state index < -0.39 is 35.2 Å². The predicted molar refractivity (Wildman–Crippen MR) is 83.4 cm³/mol. The van der Waals surface area contributed by atoms with Crippen LogP contribution in [-0.2, 0) is 0 Å². The van der Waals surface area contributed by atoms with E-state index in [1.54, 1.807) is 0 Å². The summed E-state index contributed by atoms with van der Waals surface area (Å²) in [6.45, 7) is 0. The molecule has 1 N–H and O–H groups in total. The van der Waals surface area contributed by atoms with Gasteiger partial charge in [0.25, 0.3) is 0 Å². The van der Waals surface area contributed by atoms with Gasteiger partial charge in [-0.05, 0) is 18.2 Å². The first-order valence-electron chi connectivity index (χ1n) is 6.54. The number of rotatable bonds is 4. The van der Waals surface area contributed by atoms with Crippen molar-refractivity contribution in [1.29, 1.82) is 0 Å². The molecule has 0 aliphatic heterocycles. The fraction of sp³-hybridized carbons (Fsp3) is 0.188. The van der Waals surface area contributed by atoms with Gasteiger partial charge >= 0.3 is 0 Å². The second-order valence-corrected chi connectivity index (χ2v) is 5.05. The number of carbonyl (C=O) groups excluding carboxylic acids is 1. The van der Waals surface area contributed by atoms with Crippen LogP contribution in [0, 0.1) is 23.3 Å². The number of aliphatic hydroxyl groups is 1. The number of halogens is 6. The Morgan fingerprint density at radius 1 is 0.958 bits per heavy atom. The zero-order chi connectivity index (χ0) is 18.3. The van der Waals surface area contributed by atoms with Gasteiger partial charge in [0.15, 0.2) is 29.1 Å². The first-order valence-corrected chi connectivity index (χ1v) is 7.61. The van der Waals surface area contributed by atoms with Crippen LogP contribution in [0.15, 0.2) is 36.4 Å². The molecule has 0 aromatic heterocycles. The summed E-state index contributed by atoms with van der Waals surface area (Å²) >= 11 is 10.4. The maximum absolute atomic E-state index is 12.8. The number of benzene rings is 2. The molecule has 0 aliphatic carbocycles. The Morgan fingerprint density at radius 2 is 1.50 bits per heavy atom. The van der Waals surface area contributed by atoms with Crippen molar-refractivity contribution < 1.29 is 27.5 Å². The minimum absolute atomic E-state index is 0.106. The van der Waals surface area contributed by atoms with Gasteiger partial charge in [-0.25, -0.2) is 17.6 Å². The molecule has 2 nitrogen and oxygen atoms in total. The van der Waals surface area contributed by atoms with Crippen LogP contribution in [0.3, 0.4) is 0 Å². The SMILES string of the molecule is O=C(CCl)c1cccc(F)c1F.O[C@@H](CCl)c1cccc(F)c1F. The van der Waals surface area contributed by atoms with Crippen LogP contribution < -0.4 is 0 Å². The lowest BCUT2D eigenvalue weighted by Gasteiger charge is -2.07. The van der Waals surface area contributed by atoms with E-state index in [2.05, 4.69) is 0 Å². The molecule has 0 radical (unpaired) electrons. The van der Waals surface area contributed by atoms with Crippen molar-refractivity contribution in [3.63, 3.8) is 0 Å². The van der Waals surface area contributed by atoms with E-state index in [4.69, 9.17) is 28.3 Å². The lowest BCUT2D eigenvalue weighted by Crippen LogP contribution is -2.04. The first-order chi connectivity index (χ1) is 11.3. The quantitative estimate of drug-likeness (QED) is 0.475. The lowest BCUT2D eigenvalue weighted by molar-refractivity contribution is 0.101. The molecule has 2 aromatic carbocycles. The number of hydrogen-bond acceptors (Lipinski definition) is 2. The van der Waals surface area contributed by atoms with Crippen LogP contribution >= 0.6 is 23.2 Å². The molecule has 0 amide bonds. The number of Topliss-reactive ketones (excluding diaryl/α,β-unsaturated/α-hetero) is 1. The van der Waals surface area contributed by atoms with Crippen molar-refractivity contribution in [2.75, 3.05) is 11.8 Å². The third kappa shape index (κ3) is 5.19. The number of ketones is 1. The summed E-state index contributed by atoms with van der Waals surface area (Å²) in [5.74, 6) is -5.30. The standard InChI is InChI=1S/C8H7ClF2O.C8H5ClF2O/c2*9-4-7(12)5-2-1-3-6(10)8(5)11/h1-3,7,12H,4H2;1-3H,4H2/t7-;/m0./s1. The molecule has 0 saturated carbocycles. The van der Waals surface area contributed by atoms with Crippen LogP contribution in [0.4, 0.5) is 17.6 Å². The molecule has 1 atom stereocenters.